The van der Waals surface area contributed by atoms with Crippen LogP contribution in [0.3, 0.4) is 0 Å². The Morgan fingerprint density at radius 1 is 1.21 bits per heavy atom. The van der Waals surface area contributed by atoms with Crippen molar-refractivity contribution in [2.75, 3.05) is 23.7 Å². The van der Waals surface area contributed by atoms with Gasteiger partial charge in [-0.05, 0) is 17.9 Å². The first-order valence-electron chi connectivity index (χ1n) is 7.64. The van der Waals surface area contributed by atoms with Gasteiger partial charge in [-0.25, -0.2) is 4.98 Å². The number of piperidine rings is 1. The molecule has 0 spiro atoms. The van der Waals surface area contributed by atoms with Crippen LogP contribution < -0.4 is 16.4 Å². The number of fused-ring (bicyclic) bond motifs is 2. The summed E-state index contributed by atoms with van der Waals surface area (Å²) in [5.74, 6) is 1.69. The smallest absolute Gasteiger partial charge is 0.216 e. The Bertz CT molecular complexity index is 954. The van der Waals surface area contributed by atoms with E-state index in [0.29, 0.717) is 45.0 Å². The van der Waals surface area contributed by atoms with Gasteiger partial charge in [0.05, 0.1) is 10.0 Å². The highest BCUT2D eigenvalue weighted by molar-refractivity contribution is 7.20. The number of nitrogens with two attached hydrogens (primary N) is 2. The largest absolute Gasteiger partial charge is 0.382 e. The molecule has 124 valence electrons. The van der Waals surface area contributed by atoms with E-state index in [1.54, 1.807) is 10.6 Å². The topological polar surface area (TPSA) is 85.5 Å². The van der Waals surface area contributed by atoms with Crippen molar-refractivity contribution in [3.63, 3.8) is 0 Å². The van der Waals surface area contributed by atoms with Crippen LogP contribution in [0, 0.1) is 11.8 Å². The van der Waals surface area contributed by atoms with Gasteiger partial charge in [-0.3, -0.25) is 0 Å². The molecular formula is C15H14Cl2N6S. The second-order valence-corrected chi connectivity index (χ2v) is 8.06. The minimum Gasteiger partial charge on any atom is -0.382 e. The lowest BCUT2D eigenvalue weighted by Crippen LogP contribution is -2.27. The molecule has 4 N–H and O–H groups in total. The van der Waals surface area contributed by atoms with Crippen LogP contribution in [0.1, 0.15) is 0 Å². The van der Waals surface area contributed by atoms with E-state index in [0.717, 1.165) is 23.2 Å². The number of nitrogen functional groups attached to an aromatic ring is 1. The van der Waals surface area contributed by atoms with Crippen molar-refractivity contribution in [1.29, 1.82) is 0 Å². The Hall–Kier alpha value is -1.54. The van der Waals surface area contributed by atoms with Crippen molar-refractivity contribution in [1.82, 2.24) is 14.6 Å². The number of anilines is 2. The monoisotopic (exact) mass is 380 g/mol. The SMILES string of the molecule is Nc1c(-c2cccc(Cl)c2Cl)nc2sc(N3C[C@@H]4[C@@H](N)[C@@H]4C3)nn12. The molecule has 2 fully saturated rings. The standard InChI is InChI=1S/C15H14Cl2N6S/c16-9-3-1-2-6(10(9)17)12-13(19)23-14(20-12)24-15(21-23)22-4-7-8(5-22)11(7)18/h1-3,7-8,11H,4-5,18-19H2/t7-,8+,11+. The van der Waals surface area contributed by atoms with Gasteiger partial charge < -0.3 is 16.4 Å². The number of imidazole rings is 1. The van der Waals surface area contributed by atoms with Crippen molar-refractivity contribution in [3.05, 3.63) is 28.2 Å². The molecule has 1 saturated heterocycles. The van der Waals surface area contributed by atoms with Crippen molar-refractivity contribution in [3.8, 4) is 11.3 Å². The van der Waals surface area contributed by atoms with E-state index >= 15 is 0 Å². The molecule has 1 aromatic carbocycles. The zero-order valence-corrected chi connectivity index (χ0v) is 14.8. The molecule has 1 aliphatic carbocycles. The van der Waals surface area contributed by atoms with Crippen LogP contribution in [0.4, 0.5) is 10.9 Å². The number of hydrogen-bond donors (Lipinski definition) is 2. The molecule has 0 unspecified atom stereocenters. The fourth-order valence-corrected chi connectivity index (χ4v) is 4.81. The predicted octanol–water partition coefficient (Wildman–Crippen LogP) is 2.74. The second kappa shape index (κ2) is 4.98. The fourth-order valence-electron chi connectivity index (χ4n) is 3.50. The van der Waals surface area contributed by atoms with E-state index in [2.05, 4.69) is 15.0 Å². The fraction of sp³-hybridized carbons (Fsp3) is 0.333. The zero-order chi connectivity index (χ0) is 16.6. The highest BCUT2D eigenvalue weighted by atomic mass is 35.5. The average molecular weight is 381 g/mol. The molecule has 3 aromatic rings. The minimum atomic E-state index is 0.368. The summed E-state index contributed by atoms with van der Waals surface area (Å²) >= 11 is 13.9. The van der Waals surface area contributed by atoms with Gasteiger partial charge in [-0.2, -0.15) is 4.52 Å². The van der Waals surface area contributed by atoms with Crippen LogP contribution in [-0.4, -0.2) is 33.7 Å². The summed E-state index contributed by atoms with van der Waals surface area (Å²) in [6.07, 6.45) is 0. The quantitative estimate of drug-likeness (QED) is 0.713. The summed E-state index contributed by atoms with van der Waals surface area (Å²) < 4.78 is 1.68. The van der Waals surface area contributed by atoms with Crippen LogP contribution in [0.5, 0.6) is 0 Å². The first kappa shape index (κ1) is 14.8. The highest BCUT2D eigenvalue weighted by Crippen LogP contribution is 2.46. The third-order valence-corrected chi connectivity index (χ3v) is 6.75. The molecule has 1 aliphatic heterocycles. The first-order chi connectivity index (χ1) is 11.5. The summed E-state index contributed by atoms with van der Waals surface area (Å²) in [4.78, 5) is 7.64. The summed E-state index contributed by atoms with van der Waals surface area (Å²) in [5.41, 5.74) is 13.6. The van der Waals surface area contributed by atoms with Gasteiger partial charge in [0.25, 0.3) is 0 Å². The van der Waals surface area contributed by atoms with E-state index in [1.165, 1.54) is 11.3 Å². The third kappa shape index (κ3) is 1.99. The molecule has 3 atom stereocenters. The molecule has 9 heteroatoms. The third-order valence-electron chi connectivity index (χ3n) is 4.97. The van der Waals surface area contributed by atoms with Gasteiger partial charge in [-0.15, -0.1) is 5.10 Å². The summed E-state index contributed by atoms with van der Waals surface area (Å²) in [6, 6.07) is 5.79. The summed E-state index contributed by atoms with van der Waals surface area (Å²) in [6.45, 7) is 1.94. The molecule has 0 amide bonds. The van der Waals surface area contributed by atoms with E-state index in [-0.39, 0.29) is 0 Å². The molecule has 0 bridgehead atoms. The Kier molecular flexibility index (Phi) is 3.07. The Morgan fingerprint density at radius 2 is 1.96 bits per heavy atom. The molecule has 2 aliphatic rings. The van der Waals surface area contributed by atoms with Crippen LogP contribution >= 0.6 is 34.5 Å². The highest BCUT2D eigenvalue weighted by Gasteiger charge is 2.54. The minimum absolute atomic E-state index is 0.368. The Morgan fingerprint density at radius 3 is 2.67 bits per heavy atom. The van der Waals surface area contributed by atoms with Crippen molar-refractivity contribution in [2.24, 2.45) is 17.6 Å². The van der Waals surface area contributed by atoms with Gasteiger partial charge in [0.1, 0.15) is 5.69 Å². The zero-order valence-electron chi connectivity index (χ0n) is 12.5. The number of nitrogens with zero attached hydrogens (tertiary/aromatic N) is 4. The predicted molar refractivity (Wildman–Crippen MR) is 97.9 cm³/mol. The summed E-state index contributed by atoms with van der Waals surface area (Å²) in [7, 11) is 0. The molecular weight excluding hydrogens is 367 g/mol. The Balaban J connectivity index is 1.53. The van der Waals surface area contributed by atoms with E-state index in [1.807, 2.05) is 12.1 Å². The lowest BCUT2D eigenvalue weighted by atomic mass is 10.1. The molecule has 0 radical (unpaired) electrons. The van der Waals surface area contributed by atoms with E-state index < -0.39 is 0 Å². The number of rotatable bonds is 2. The maximum atomic E-state index is 6.29. The van der Waals surface area contributed by atoms with E-state index in [4.69, 9.17) is 34.7 Å². The normalized spacial score (nSPS) is 25.5. The van der Waals surface area contributed by atoms with Gasteiger partial charge >= 0.3 is 0 Å². The lowest BCUT2D eigenvalue weighted by molar-refractivity contribution is 0.734. The van der Waals surface area contributed by atoms with Gasteiger partial charge in [0.2, 0.25) is 10.1 Å². The number of benzene rings is 1. The molecule has 5 rings (SSSR count). The molecule has 1 saturated carbocycles. The number of aromatic nitrogens is 3. The number of hydrogen-bond acceptors (Lipinski definition) is 6. The maximum absolute atomic E-state index is 6.29. The van der Waals surface area contributed by atoms with Gasteiger partial charge in [0.15, 0.2) is 5.82 Å². The summed E-state index contributed by atoms with van der Waals surface area (Å²) in [5, 5.41) is 6.49. The average Bonchev–Trinajstić information content (AvgIpc) is 3.00. The lowest BCUT2D eigenvalue weighted by Gasteiger charge is -2.16. The van der Waals surface area contributed by atoms with Crippen LogP contribution in [0.2, 0.25) is 10.0 Å². The maximum Gasteiger partial charge on any atom is 0.216 e. The number of halogens is 2. The van der Waals surface area contributed by atoms with E-state index in [9.17, 15) is 0 Å². The van der Waals surface area contributed by atoms with Gasteiger partial charge in [-0.1, -0.05) is 46.7 Å². The van der Waals surface area contributed by atoms with Crippen molar-refractivity contribution < 1.29 is 0 Å². The molecule has 24 heavy (non-hydrogen) atoms. The van der Waals surface area contributed by atoms with Crippen LogP contribution in [0.15, 0.2) is 18.2 Å². The first-order valence-corrected chi connectivity index (χ1v) is 9.22. The van der Waals surface area contributed by atoms with Crippen LogP contribution in [0.25, 0.3) is 16.2 Å². The van der Waals surface area contributed by atoms with Gasteiger partial charge in [0, 0.05) is 24.7 Å². The molecule has 2 aromatic heterocycles. The second-order valence-electron chi connectivity index (χ2n) is 6.34. The molecule has 6 nitrogen and oxygen atoms in total. The molecule has 3 heterocycles. The van der Waals surface area contributed by atoms with Crippen molar-refractivity contribution in [2.45, 2.75) is 6.04 Å². The van der Waals surface area contributed by atoms with Crippen LogP contribution in [-0.2, 0) is 0 Å². The Labute approximate surface area is 152 Å². The van der Waals surface area contributed by atoms with Crippen molar-refractivity contribution >= 4 is 50.4 Å².